The Morgan fingerprint density at radius 3 is 2.84 bits per heavy atom. The lowest BCUT2D eigenvalue weighted by molar-refractivity contribution is 0.161. The Morgan fingerprint density at radius 1 is 1.36 bits per heavy atom. The molecular weight excluding hydrogens is 336 g/mol. The second kappa shape index (κ2) is 7.00. The van der Waals surface area contributed by atoms with Gasteiger partial charge in [0.15, 0.2) is 0 Å². The van der Waals surface area contributed by atoms with Crippen LogP contribution in [0.1, 0.15) is 58.6 Å². The molecule has 2 fully saturated rings. The van der Waals surface area contributed by atoms with Crippen molar-refractivity contribution in [1.82, 2.24) is 19.4 Å². The average Bonchev–Trinajstić information content (AvgIpc) is 3.03. The van der Waals surface area contributed by atoms with Crippen LogP contribution in [0.15, 0.2) is 11.1 Å². The maximum Gasteiger partial charge on any atom is 0.247 e. The fraction of sp³-hybridized carbons (Fsp3) is 0.833. The van der Waals surface area contributed by atoms with Crippen molar-refractivity contribution in [3.05, 3.63) is 11.9 Å². The summed E-state index contributed by atoms with van der Waals surface area (Å²) in [5, 5.41) is 8.00. The molecule has 1 aromatic rings. The third-order valence-electron chi connectivity index (χ3n) is 5.72. The maximum atomic E-state index is 13.6. The third kappa shape index (κ3) is 3.51. The summed E-state index contributed by atoms with van der Waals surface area (Å²) in [5.74, 6) is 0.428. The molecule has 2 aliphatic heterocycles. The van der Waals surface area contributed by atoms with Crippen molar-refractivity contribution in [2.24, 2.45) is 5.92 Å². The molecule has 6 nitrogen and oxygen atoms in total. The van der Waals surface area contributed by atoms with Crippen LogP contribution in [0.2, 0.25) is 0 Å². The molecule has 3 heterocycles. The Morgan fingerprint density at radius 2 is 2.12 bits per heavy atom. The molecule has 0 amide bonds. The Hall–Kier alpha value is -0.920. The fourth-order valence-corrected chi connectivity index (χ4v) is 6.42. The molecule has 0 saturated carbocycles. The van der Waals surface area contributed by atoms with Crippen molar-refractivity contribution in [1.29, 1.82) is 0 Å². The third-order valence-corrected chi connectivity index (χ3v) is 7.85. The van der Waals surface area contributed by atoms with Crippen molar-refractivity contribution in [2.45, 2.75) is 82.8 Å². The molecule has 1 N–H and O–H groups in total. The lowest BCUT2D eigenvalue weighted by Gasteiger charge is -2.42. The van der Waals surface area contributed by atoms with E-state index in [0.717, 1.165) is 38.8 Å². The number of hydrogen-bond donors (Lipinski definition) is 1. The standard InChI is InChI=1S/C18H32N4O2S/c1-14(2)12-21-13-16(15(3)20-21)25(23,24)22-11-7-5-6-8-17-18(22,4)9-10-19-17/h13-14,17,19H,5-12H2,1-4H3/t17-,18-/m0/s1. The first-order valence-electron chi connectivity index (χ1n) is 9.55. The van der Waals surface area contributed by atoms with Crippen LogP contribution in [0.3, 0.4) is 0 Å². The molecule has 0 aliphatic carbocycles. The van der Waals surface area contributed by atoms with Crippen LogP contribution in [0, 0.1) is 12.8 Å². The zero-order valence-corrected chi connectivity index (χ0v) is 16.8. The minimum atomic E-state index is -3.55. The number of aryl methyl sites for hydroxylation is 1. The van der Waals surface area contributed by atoms with Crippen molar-refractivity contribution in [3.63, 3.8) is 0 Å². The van der Waals surface area contributed by atoms with Gasteiger partial charge in [0.05, 0.1) is 5.69 Å². The van der Waals surface area contributed by atoms with Crippen LogP contribution in [0.4, 0.5) is 0 Å². The Bertz CT molecular complexity index is 713. The van der Waals surface area contributed by atoms with Crippen LogP contribution in [0.25, 0.3) is 0 Å². The van der Waals surface area contributed by atoms with Gasteiger partial charge in [-0.1, -0.05) is 26.7 Å². The summed E-state index contributed by atoms with van der Waals surface area (Å²) in [4.78, 5) is 0.376. The maximum absolute atomic E-state index is 13.6. The van der Waals surface area contributed by atoms with Crippen LogP contribution in [0.5, 0.6) is 0 Å². The van der Waals surface area contributed by atoms with E-state index in [1.807, 2.05) is 0 Å². The van der Waals surface area contributed by atoms with E-state index in [9.17, 15) is 8.42 Å². The smallest absolute Gasteiger partial charge is 0.247 e. The van der Waals surface area contributed by atoms with Gasteiger partial charge in [0, 0.05) is 30.9 Å². The molecular formula is C18H32N4O2S. The molecule has 0 spiro atoms. The molecule has 7 heteroatoms. The largest absolute Gasteiger partial charge is 0.312 e. The highest BCUT2D eigenvalue weighted by atomic mass is 32.2. The first-order valence-corrected chi connectivity index (χ1v) is 11.0. The van der Waals surface area contributed by atoms with Gasteiger partial charge in [-0.05, 0) is 45.6 Å². The fourth-order valence-electron chi connectivity index (χ4n) is 4.38. The highest BCUT2D eigenvalue weighted by molar-refractivity contribution is 7.89. The molecule has 3 rings (SSSR count). The van der Waals surface area contributed by atoms with Crippen LogP contribution < -0.4 is 5.32 Å². The molecule has 2 atom stereocenters. The predicted octanol–water partition coefficient (Wildman–Crippen LogP) is 2.53. The van der Waals surface area contributed by atoms with Gasteiger partial charge in [-0.15, -0.1) is 0 Å². The molecule has 0 aromatic carbocycles. The molecule has 0 radical (unpaired) electrons. The van der Waals surface area contributed by atoms with Gasteiger partial charge in [-0.2, -0.15) is 9.40 Å². The second-order valence-corrected chi connectivity index (χ2v) is 10.1. The van der Waals surface area contributed by atoms with E-state index in [-0.39, 0.29) is 11.6 Å². The molecule has 1 aromatic heterocycles. The van der Waals surface area contributed by atoms with Crippen molar-refractivity contribution in [3.8, 4) is 0 Å². The summed E-state index contributed by atoms with van der Waals surface area (Å²) >= 11 is 0. The zero-order chi connectivity index (χ0) is 18.2. The SMILES string of the molecule is Cc1nn(CC(C)C)cc1S(=O)(=O)N1CCCCC[C@@H]2NCC[C@@]21C. The van der Waals surface area contributed by atoms with Crippen LogP contribution >= 0.6 is 0 Å². The number of hydrogen-bond acceptors (Lipinski definition) is 4. The summed E-state index contributed by atoms with van der Waals surface area (Å²) in [6.45, 7) is 10.4. The van der Waals surface area contributed by atoms with E-state index in [1.54, 1.807) is 22.1 Å². The van der Waals surface area contributed by atoms with E-state index in [1.165, 1.54) is 6.42 Å². The summed E-state index contributed by atoms with van der Waals surface area (Å²) in [6.07, 6.45) is 6.84. The van der Waals surface area contributed by atoms with Gasteiger partial charge in [0.25, 0.3) is 0 Å². The molecule has 142 valence electrons. The highest BCUT2D eigenvalue weighted by Crippen LogP contribution is 2.37. The summed E-state index contributed by atoms with van der Waals surface area (Å²) in [6, 6.07) is 0.244. The average molecular weight is 369 g/mol. The van der Waals surface area contributed by atoms with Crippen LogP contribution in [-0.4, -0.2) is 47.2 Å². The number of rotatable bonds is 4. The summed E-state index contributed by atoms with van der Waals surface area (Å²) < 4.78 is 30.7. The summed E-state index contributed by atoms with van der Waals surface area (Å²) in [5.41, 5.74) is 0.264. The van der Waals surface area contributed by atoms with Gasteiger partial charge in [0.2, 0.25) is 10.0 Å². The molecule has 0 unspecified atom stereocenters. The number of nitrogens with one attached hydrogen (secondary N) is 1. The van der Waals surface area contributed by atoms with E-state index in [0.29, 0.717) is 23.1 Å². The van der Waals surface area contributed by atoms with Gasteiger partial charge in [-0.25, -0.2) is 8.42 Å². The Labute approximate surface area is 152 Å². The zero-order valence-electron chi connectivity index (χ0n) is 16.0. The quantitative estimate of drug-likeness (QED) is 0.887. The minimum absolute atomic E-state index is 0.244. The van der Waals surface area contributed by atoms with Gasteiger partial charge >= 0.3 is 0 Å². The number of sulfonamides is 1. The monoisotopic (exact) mass is 368 g/mol. The topological polar surface area (TPSA) is 67.2 Å². The van der Waals surface area contributed by atoms with Crippen LogP contribution in [-0.2, 0) is 16.6 Å². The first kappa shape index (κ1) is 18.9. The van der Waals surface area contributed by atoms with E-state index in [2.05, 4.69) is 31.2 Å². The van der Waals surface area contributed by atoms with Gasteiger partial charge < -0.3 is 5.32 Å². The Balaban J connectivity index is 1.98. The predicted molar refractivity (Wildman–Crippen MR) is 99.0 cm³/mol. The van der Waals surface area contributed by atoms with E-state index >= 15 is 0 Å². The van der Waals surface area contributed by atoms with E-state index < -0.39 is 10.0 Å². The van der Waals surface area contributed by atoms with Crippen molar-refractivity contribution in [2.75, 3.05) is 13.1 Å². The number of nitrogens with zero attached hydrogens (tertiary/aromatic N) is 3. The lowest BCUT2D eigenvalue weighted by Crippen LogP contribution is -2.57. The van der Waals surface area contributed by atoms with E-state index in [4.69, 9.17) is 0 Å². The molecule has 25 heavy (non-hydrogen) atoms. The molecule has 0 bridgehead atoms. The number of aromatic nitrogens is 2. The second-order valence-electron chi connectivity index (χ2n) is 8.24. The Kier molecular flexibility index (Phi) is 5.28. The number of fused-ring (bicyclic) bond motifs is 1. The lowest BCUT2D eigenvalue weighted by atomic mass is 9.87. The normalized spacial score (nSPS) is 28.8. The minimum Gasteiger partial charge on any atom is -0.312 e. The first-order chi connectivity index (χ1) is 11.7. The highest BCUT2D eigenvalue weighted by Gasteiger charge is 2.49. The molecule has 2 saturated heterocycles. The van der Waals surface area contributed by atoms with Gasteiger partial charge in [-0.3, -0.25) is 4.68 Å². The molecule has 2 aliphatic rings. The van der Waals surface area contributed by atoms with Crippen molar-refractivity contribution >= 4 is 10.0 Å². The summed E-state index contributed by atoms with van der Waals surface area (Å²) in [7, 11) is -3.55. The van der Waals surface area contributed by atoms with Crippen molar-refractivity contribution < 1.29 is 8.42 Å². The van der Waals surface area contributed by atoms with Gasteiger partial charge in [0.1, 0.15) is 4.90 Å².